The molecule has 1 atom stereocenters. The highest BCUT2D eigenvalue weighted by molar-refractivity contribution is 5.74. The van der Waals surface area contributed by atoms with Crippen LogP contribution in [0.3, 0.4) is 0 Å². The third-order valence-electron chi connectivity index (χ3n) is 4.74. The third-order valence-corrected chi connectivity index (χ3v) is 4.74. The Balaban J connectivity index is 1.51. The number of oxazole rings is 1. The minimum atomic E-state index is -0.314. The van der Waals surface area contributed by atoms with E-state index in [1.165, 1.54) is 0 Å². The van der Waals surface area contributed by atoms with Crippen molar-refractivity contribution >= 4 is 6.03 Å². The highest BCUT2D eigenvalue weighted by Gasteiger charge is 2.23. The number of urea groups is 1. The van der Waals surface area contributed by atoms with Crippen molar-refractivity contribution < 1.29 is 14.3 Å². The van der Waals surface area contributed by atoms with E-state index in [-0.39, 0.29) is 24.7 Å². The number of rotatable bonds is 5. The van der Waals surface area contributed by atoms with Crippen LogP contribution in [0.2, 0.25) is 0 Å². The molecule has 0 spiro atoms. The van der Waals surface area contributed by atoms with E-state index < -0.39 is 0 Å². The molecule has 0 bridgehead atoms. The maximum atomic E-state index is 12.2. The lowest BCUT2D eigenvalue weighted by Gasteiger charge is -2.28. The van der Waals surface area contributed by atoms with Gasteiger partial charge in [0.25, 0.3) is 0 Å². The van der Waals surface area contributed by atoms with Crippen LogP contribution in [-0.2, 0) is 0 Å². The summed E-state index contributed by atoms with van der Waals surface area (Å²) in [7, 11) is 0. The first-order chi connectivity index (χ1) is 12.2. The van der Waals surface area contributed by atoms with Crippen molar-refractivity contribution in [3.8, 4) is 11.3 Å². The summed E-state index contributed by atoms with van der Waals surface area (Å²) in [5, 5.41) is 15.1. The molecule has 1 fully saturated rings. The molecule has 1 heterocycles. The fourth-order valence-electron chi connectivity index (χ4n) is 3.20. The van der Waals surface area contributed by atoms with Crippen LogP contribution in [0.1, 0.15) is 44.5 Å². The van der Waals surface area contributed by atoms with E-state index in [1.54, 1.807) is 6.20 Å². The van der Waals surface area contributed by atoms with Crippen molar-refractivity contribution in [2.24, 2.45) is 5.92 Å². The van der Waals surface area contributed by atoms with Crippen molar-refractivity contribution in [1.29, 1.82) is 0 Å². The lowest BCUT2D eigenvalue weighted by atomic mass is 9.87. The summed E-state index contributed by atoms with van der Waals surface area (Å²) in [5.74, 6) is 1.55. The number of aliphatic hydroxyl groups is 1. The Kier molecular flexibility index (Phi) is 5.71. The van der Waals surface area contributed by atoms with Crippen molar-refractivity contribution in [2.75, 3.05) is 6.61 Å². The van der Waals surface area contributed by atoms with Gasteiger partial charge in [0.2, 0.25) is 5.89 Å². The van der Waals surface area contributed by atoms with E-state index in [9.17, 15) is 9.90 Å². The Morgan fingerprint density at radius 1 is 1.28 bits per heavy atom. The Hall–Kier alpha value is -2.34. The van der Waals surface area contributed by atoms with Crippen molar-refractivity contribution in [3.63, 3.8) is 0 Å². The predicted octanol–water partition coefficient (Wildman–Crippen LogP) is 3.25. The average Bonchev–Trinajstić information content (AvgIpc) is 3.13. The number of hydrogen-bond donors (Lipinski definition) is 3. The number of carbonyl (C=O) groups is 1. The number of carbonyl (C=O) groups excluding carboxylic acids is 1. The summed E-state index contributed by atoms with van der Waals surface area (Å²) in [4.78, 5) is 16.5. The summed E-state index contributed by atoms with van der Waals surface area (Å²) >= 11 is 0. The molecule has 134 valence electrons. The largest absolute Gasteiger partial charge is 0.438 e. The maximum absolute atomic E-state index is 12.2. The van der Waals surface area contributed by atoms with Gasteiger partial charge < -0.3 is 20.2 Å². The molecular formula is C19H25N3O3. The van der Waals surface area contributed by atoms with Gasteiger partial charge in [0, 0.05) is 18.2 Å². The van der Waals surface area contributed by atoms with Gasteiger partial charge in [-0.2, -0.15) is 0 Å². The molecule has 25 heavy (non-hydrogen) atoms. The zero-order chi connectivity index (χ0) is 17.6. The summed E-state index contributed by atoms with van der Waals surface area (Å²) in [6.07, 6.45) is 5.40. The molecule has 3 rings (SSSR count). The first-order valence-corrected chi connectivity index (χ1v) is 8.84. The van der Waals surface area contributed by atoms with Gasteiger partial charge in [-0.05, 0) is 38.5 Å². The molecular weight excluding hydrogens is 318 g/mol. The van der Waals surface area contributed by atoms with Crippen molar-refractivity contribution in [1.82, 2.24) is 15.6 Å². The van der Waals surface area contributed by atoms with Gasteiger partial charge in [0.1, 0.15) is 6.04 Å². The van der Waals surface area contributed by atoms with Crippen LogP contribution in [-0.4, -0.2) is 28.8 Å². The van der Waals surface area contributed by atoms with Crippen LogP contribution in [0.25, 0.3) is 11.3 Å². The number of aliphatic hydroxyl groups excluding tert-OH is 1. The quantitative estimate of drug-likeness (QED) is 0.778. The second-order valence-electron chi connectivity index (χ2n) is 6.67. The molecule has 3 N–H and O–H groups in total. The van der Waals surface area contributed by atoms with Gasteiger partial charge in [0.05, 0.1) is 6.20 Å². The second kappa shape index (κ2) is 8.16. The molecule has 6 heteroatoms. The lowest BCUT2D eigenvalue weighted by molar-refractivity contribution is 0.174. The minimum absolute atomic E-state index is 0.166. The summed E-state index contributed by atoms with van der Waals surface area (Å²) in [6, 6.07) is 9.39. The smallest absolute Gasteiger partial charge is 0.315 e. The SMILES string of the molecule is CC(NC(=O)NC1CCC(CO)CC1)c1ncc(-c2ccccc2)o1. The van der Waals surface area contributed by atoms with E-state index >= 15 is 0 Å². The minimum Gasteiger partial charge on any atom is -0.438 e. The van der Waals surface area contributed by atoms with E-state index in [4.69, 9.17) is 4.42 Å². The van der Waals surface area contributed by atoms with E-state index in [0.29, 0.717) is 17.6 Å². The first kappa shape index (κ1) is 17.5. The van der Waals surface area contributed by atoms with Gasteiger partial charge in [-0.3, -0.25) is 0 Å². The molecule has 1 aliphatic carbocycles. The van der Waals surface area contributed by atoms with Crippen LogP contribution in [0.5, 0.6) is 0 Å². The van der Waals surface area contributed by atoms with E-state index in [0.717, 1.165) is 31.2 Å². The topological polar surface area (TPSA) is 87.4 Å². The number of nitrogens with zero attached hydrogens (tertiary/aromatic N) is 1. The monoisotopic (exact) mass is 343 g/mol. The highest BCUT2D eigenvalue weighted by atomic mass is 16.4. The van der Waals surface area contributed by atoms with Crippen LogP contribution >= 0.6 is 0 Å². The molecule has 0 saturated heterocycles. The van der Waals surface area contributed by atoms with Crippen LogP contribution in [0.15, 0.2) is 40.9 Å². The zero-order valence-corrected chi connectivity index (χ0v) is 14.4. The van der Waals surface area contributed by atoms with Crippen molar-refractivity contribution in [3.05, 3.63) is 42.4 Å². The number of hydrogen-bond acceptors (Lipinski definition) is 4. The average molecular weight is 343 g/mol. The maximum Gasteiger partial charge on any atom is 0.315 e. The van der Waals surface area contributed by atoms with Gasteiger partial charge in [-0.1, -0.05) is 30.3 Å². The third kappa shape index (κ3) is 4.60. The fourth-order valence-corrected chi connectivity index (χ4v) is 3.20. The number of amides is 2. The van der Waals surface area contributed by atoms with E-state index in [1.807, 2.05) is 37.3 Å². The van der Waals surface area contributed by atoms with Gasteiger partial charge >= 0.3 is 6.03 Å². The number of aromatic nitrogens is 1. The number of benzene rings is 1. The van der Waals surface area contributed by atoms with Gasteiger partial charge in [0.15, 0.2) is 5.76 Å². The van der Waals surface area contributed by atoms with Crippen LogP contribution < -0.4 is 10.6 Å². The van der Waals surface area contributed by atoms with Crippen LogP contribution in [0.4, 0.5) is 4.79 Å². The molecule has 0 aliphatic heterocycles. The molecule has 0 radical (unpaired) electrons. The normalized spacial score (nSPS) is 21.5. The molecule has 1 aliphatic rings. The lowest BCUT2D eigenvalue weighted by Crippen LogP contribution is -2.44. The number of nitrogens with one attached hydrogen (secondary N) is 2. The summed E-state index contributed by atoms with van der Waals surface area (Å²) < 4.78 is 5.77. The second-order valence-corrected chi connectivity index (χ2v) is 6.67. The molecule has 1 aromatic carbocycles. The Morgan fingerprint density at radius 2 is 2.00 bits per heavy atom. The van der Waals surface area contributed by atoms with Crippen molar-refractivity contribution in [2.45, 2.75) is 44.7 Å². The van der Waals surface area contributed by atoms with Gasteiger partial charge in [-0.25, -0.2) is 9.78 Å². The summed E-state index contributed by atoms with van der Waals surface area (Å²) in [5.41, 5.74) is 0.957. The van der Waals surface area contributed by atoms with Crippen LogP contribution in [0, 0.1) is 5.92 Å². The Bertz CT molecular complexity index is 678. The Labute approximate surface area is 147 Å². The first-order valence-electron chi connectivity index (χ1n) is 8.84. The predicted molar refractivity (Wildman–Crippen MR) is 94.9 cm³/mol. The van der Waals surface area contributed by atoms with Gasteiger partial charge in [-0.15, -0.1) is 0 Å². The standard InChI is InChI=1S/C19H25N3O3/c1-13(18-20-11-17(25-18)15-5-3-2-4-6-15)21-19(24)22-16-9-7-14(12-23)8-10-16/h2-6,11,13-14,16,23H,7-10,12H2,1H3,(H2,21,22,24). The highest BCUT2D eigenvalue weighted by Crippen LogP contribution is 2.24. The van der Waals surface area contributed by atoms with E-state index in [2.05, 4.69) is 15.6 Å². The summed E-state index contributed by atoms with van der Waals surface area (Å²) in [6.45, 7) is 2.09. The molecule has 2 aromatic rings. The molecule has 1 unspecified atom stereocenters. The molecule has 1 aromatic heterocycles. The molecule has 2 amide bonds. The Morgan fingerprint density at radius 3 is 2.68 bits per heavy atom. The molecule has 1 saturated carbocycles. The zero-order valence-electron chi connectivity index (χ0n) is 14.4. The molecule has 6 nitrogen and oxygen atoms in total. The fraction of sp³-hybridized carbons (Fsp3) is 0.474.